The van der Waals surface area contributed by atoms with Crippen LogP contribution in [0.5, 0.6) is 0 Å². The summed E-state index contributed by atoms with van der Waals surface area (Å²) in [5, 5.41) is 0. The molecular formula is C14H14O. The lowest BCUT2D eigenvalue weighted by Crippen LogP contribution is -2.35. The van der Waals surface area contributed by atoms with E-state index in [9.17, 15) is 4.79 Å². The zero-order valence-electron chi connectivity index (χ0n) is 8.70. The monoisotopic (exact) mass is 198 g/mol. The van der Waals surface area contributed by atoms with E-state index in [1.807, 2.05) is 6.08 Å². The molecular weight excluding hydrogens is 184 g/mol. The molecule has 1 aromatic carbocycles. The van der Waals surface area contributed by atoms with Gasteiger partial charge in [0.15, 0.2) is 5.78 Å². The summed E-state index contributed by atoms with van der Waals surface area (Å²) < 4.78 is 0. The standard InChI is InChI=1S/C14H14O/c15-13-8-4-10-14(13)9-3-6-11-5-1-2-7-12(11)14/h1-2,4-5,7-8H,3,6,9-10H2. The zero-order valence-corrected chi connectivity index (χ0v) is 8.70. The van der Waals surface area contributed by atoms with Gasteiger partial charge in [0.1, 0.15) is 0 Å². The van der Waals surface area contributed by atoms with Crippen LogP contribution in [0.25, 0.3) is 0 Å². The Morgan fingerprint density at radius 1 is 1.20 bits per heavy atom. The van der Waals surface area contributed by atoms with Crippen LogP contribution >= 0.6 is 0 Å². The fourth-order valence-electron chi connectivity index (χ4n) is 3.02. The van der Waals surface area contributed by atoms with E-state index in [0.29, 0.717) is 5.78 Å². The minimum atomic E-state index is -0.186. The second-order valence-corrected chi connectivity index (χ2v) is 4.56. The summed E-state index contributed by atoms with van der Waals surface area (Å²) in [6.07, 6.45) is 8.00. The molecule has 0 bridgehead atoms. The highest BCUT2D eigenvalue weighted by atomic mass is 16.1. The summed E-state index contributed by atoms with van der Waals surface area (Å²) in [6, 6.07) is 8.43. The molecule has 0 saturated heterocycles. The first-order valence-electron chi connectivity index (χ1n) is 5.62. The Hall–Kier alpha value is -1.37. The van der Waals surface area contributed by atoms with Gasteiger partial charge in [0.05, 0.1) is 5.41 Å². The van der Waals surface area contributed by atoms with E-state index in [0.717, 1.165) is 25.7 Å². The van der Waals surface area contributed by atoms with Crippen LogP contribution in [0, 0.1) is 0 Å². The van der Waals surface area contributed by atoms with Crippen LogP contribution in [0.15, 0.2) is 36.4 Å². The molecule has 0 aliphatic heterocycles. The summed E-state index contributed by atoms with van der Waals surface area (Å²) in [5.74, 6) is 0.314. The SMILES string of the molecule is O=C1C=CCC12CCCc1ccccc12. The lowest BCUT2D eigenvalue weighted by Gasteiger charge is -2.34. The van der Waals surface area contributed by atoms with Crippen molar-refractivity contribution in [2.45, 2.75) is 31.1 Å². The summed E-state index contributed by atoms with van der Waals surface area (Å²) >= 11 is 0. The van der Waals surface area contributed by atoms with Gasteiger partial charge in [-0.25, -0.2) is 0 Å². The van der Waals surface area contributed by atoms with Crippen molar-refractivity contribution in [3.8, 4) is 0 Å². The first-order chi connectivity index (χ1) is 7.33. The van der Waals surface area contributed by atoms with E-state index < -0.39 is 0 Å². The van der Waals surface area contributed by atoms with Gasteiger partial charge in [0.2, 0.25) is 0 Å². The number of carbonyl (C=O) groups excluding carboxylic acids is 1. The number of ketones is 1. The molecule has 0 fully saturated rings. The van der Waals surface area contributed by atoms with Crippen molar-refractivity contribution in [3.63, 3.8) is 0 Å². The van der Waals surface area contributed by atoms with Crippen LogP contribution in [-0.2, 0) is 16.6 Å². The van der Waals surface area contributed by atoms with Gasteiger partial charge >= 0.3 is 0 Å². The van der Waals surface area contributed by atoms with Crippen LogP contribution in [0.1, 0.15) is 30.4 Å². The maximum Gasteiger partial charge on any atom is 0.166 e. The lowest BCUT2D eigenvalue weighted by atomic mass is 9.68. The molecule has 3 rings (SSSR count). The van der Waals surface area contributed by atoms with E-state index >= 15 is 0 Å². The highest BCUT2D eigenvalue weighted by Gasteiger charge is 2.43. The molecule has 1 atom stereocenters. The number of hydrogen-bond acceptors (Lipinski definition) is 1. The van der Waals surface area contributed by atoms with Crippen molar-refractivity contribution in [3.05, 3.63) is 47.5 Å². The second kappa shape index (κ2) is 3.06. The Kier molecular flexibility index (Phi) is 1.82. The van der Waals surface area contributed by atoms with Crippen LogP contribution in [0.2, 0.25) is 0 Å². The first kappa shape index (κ1) is 8.90. The molecule has 0 N–H and O–H groups in total. The van der Waals surface area contributed by atoms with Crippen molar-refractivity contribution in [1.29, 1.82) is 0 Å². The normalized spacial score (nSPS) is 28.4. The van der Waals surface area contributed by atoms with Gasteiger partial charge in [-0.2, -0.15) is 0 Å². The van der Waals surface area contributed by atoms with Gasteiger partial charge in [-0.1, -0.05) is 30.3 Å². The second-order valence-electron chi connectivity index (χ2n) is 4.56. The van der Waals surface area contributed by atoms with Crippen molar-refractivity contribution in [2.24, 2.45) is 0 Å². The fraction of sp³-hybridized carbons (Fsp3) is 0.357. The third-order valence-corrected chi connectivity index (χ3v) is 3.79. The number of rotatable bonds is 0. The molecule has 1 unspecified atom stereocenters. The van der Waals surface area contributed by atoms with E-state index in [-0.39, 0.29) is 5.41 Å². The minimum absolute atomic E-state index is 0.186. The van der Waals surface area contributed by atoms with E-state index in [4.69, 9.17) is 0 Å². The molecule has 76 valence electrons. The molecule has 2 aliphatic rings. The molecule has 0 heterocycles. The predicted molar refractivity (Wildman–Crippen MR) is 59.8 cm³/mol. The van der Waals surface area contributed by atoms with Gasteiger partial charge < -0.3 is 0 Å². The Bertz CT molecular complexity index is 444. The third kappa shape index (κ3) is 1.12. The summed E-state index contributed by atoms with van der Waals surface area (Å²) in [4.78, 5) is 12.0. The highest BCUT2D eigenvalue weighted by molar-refractivity contribution is 6.02. The number of allylic oxidation sites excluding steroid dienone is 2. The number of fused-ring (bicyclic) bond motifs is 2. The fourth-order valence-corrected chi connectivity index (χ4v) is 3.02. The van der Waals surface area contributed by atoms with E-state index in [1.165, 1.54) is 11.1 Å². The molecule has 15 heavy (non-hydrogen) atoms. The topological polar surface area (TPSA) is 17.1 Å². The minimum Gasteiger partial charge on any atom is -0.294 e. The number of benzene rings is 1. The molecule has 0 radical (unpaired) electrons. The predicted octanol–water partition coefficient (Wildman–Crippen LogP) is 2.79. The molecule has 0 saturated carbocycles. The van der Waals surface area contributed by atoms with Crippen LogP contribution < -0.4 is 0 Å². The van der Waals surface area contributed by atoms with Gasteiger partial charge in [-0.05, 0) is 42.9 Å². The summed E-state index contributed by atoms with van der Waals surface area (Å²) in [5.41, 5.74) is 2.47. The number of carbonyl (C=O) groups is 1. The Morgan fingerprint density at radius 3 is 2.87 bits per heavy atom. The molecule has 1 heteroatoms. The van der Waals surface area contributed by atoms with Crippen molar-refractivity contribution >= 4 is 5.78 Å². The molecule has 0 amide bonds. The van der Waals surface area contributed by atoms with Crippen LogP contribution in [-0.4, -0.2) is 5.78 Å². The van der Waals surface area contributed by atoms with Crippen molar-refractivity contribution in [1.82, 2.24) is 0 Å². The summed E-state index contributed by atoms with van der Waals surface area (Å²) in [7, 11) is 0. The Balaban J connectivity index is 2.18. The van der Waals surface area contributed by atoms with Crippen LogP contribution in [0.3, 0.4) is 0 Å². The van der Waals surface area contributed by atoms with E-state index in [2.05, 4.69) is 24.3 Å². The zero-order chi connectivity index (χ0) is 10.3. The first-order valence-corrected chi connectivity index (χ1v) is 5.62. The molecule has 1 nitrogen and oxygen atoms in total. The number of aryl methyl sites for hydroxylation is 1. The average molecular weight is 198 g/mol. The van der Waals surface area contributed by atoms with Gasteiger partial charge in [-0.15, -0.1) is 0 Å². The maximum atomic E-state index is 12.0. The molecule has 2 aliphatic carbocycles. The van der Waals surface area contributed by atoms with Crippen LogP contribution in [0.4, 0.5) is 0 Å². The third-order valence-electron chi connectivity index (χ3n) is 3.79. The van der Waals surface area contributed by atoms with Gasteiger partial charge in [-0.3, -0.25) is 4.79 Å². The molecule has 0 aromatic heterocycles. The van der Waals surface area contributed by atoms with Crippen molar-refractivity contribution < 1.29 is 4.79 Å². The summed E-state index contributed by atoms with van der Waals surface area (Å²) in [6.45, 7) is 0. The maximum absolute atomic E-state index is 12.0. The Labute approximate surface area is 89.8 Å². The quantitative estimate of drug-likeness (QED) is 0.626. The largest absolute Gasteiger partial charge is 0.294 e. The smallest absolute Gasteiger partial charge is 0.166 e. The van der Waals surface area contributed by atoms with Crippen molar-refractivity contribution in [2.75, 3.05) is 0 Å². The molecule has 1 spiro atoms. The van der Waals surface area contributed by atoms with Gasteiger partial charge in [0, 0.05) is 0 Å². The Morgan fingerprint density at radius 2 is 2.07 bits per heavy atom. The molecule has 1 aromatic rings. The van der Waals surface area contributed by atoms with E-state index in [1.54, 1.807) is 6.08 Å². The lowest BCUT2D eigenvalue weighted by molar-refractivity contribution is -0.119. The highest BCUT2D eigenvalue weighted by Crippen LogP contribution is 2.43. The van der Waals surface area contributed by atoms with Gasteiger partial charge in [0.25, 0.3) is 0 Å². The average Bonchev–Trinajstić information content (AvgIpc) is 2.62. The number of hydrogen-bond donors (Lipinski definition) is 0.